The van der Waals surface area contributed by atoms with Crippen molar-refractivity contribution in [2.45, 2.75) is 17.2 Å². The second-order valence-corrected chi connectivity index (χ2v) is 6.65. The molecule has 0 aliphatic heterocycles. The maximum absolute atomic E-state index is 12.9. The predicted octanol–water partition coefficient (Wildman–Crippen LogP) is 3.19. The molecule has 1 aromatic carbocycles. The first-order valence-corrected chi connectivity index (χ1v) is 8.80. The highest BCUT2D eigenvalue weighted by atomic mass is 32.2. The van der Waals surface area contributed by atoms with Gasteiger partial charge in [0.25, 0.3) is 5.91 Å². The summed E-state index contributed by atoms with van der Waals surface area (Å²) >= 11 is 1.48. The maximum atomic E-state index is 12.9. The van der Waals surface area contributed by atoms with E-state index >= 15 is 0 Å². The topological polar surface area (TPSA) is 45.2 Å². The zero-order chi connectivity index (χ0) is 17.4. The molecule has 0 atom stereocenters. The summed E-state index contributed by atoms with van der Waals surface area (Å²) < 4.78 is 12.9. The van der Waals surface area contributed by atoms with Crippen molar-refractivity contribution in [1.29, 1.82) is 0 Å². The van der Waals surface area contributed by atoms with Crippen LogP contribution in [0.15, 0.2) is 47.6 Å². The van der Waals surface area contributed by atoms with E-state index in [4.69, 9.17) is 0 Å². The maximum Gasteiger partial charge on any atom is 0.254 e. The summed E-state index contributed by atoms with van der Waals surface area (Å²) in [4.78, 5) is 18.7. The zero-order valence-electron chi connectivity index (χ0n) is 14.0. The summed E-state index contributed by atoms with van der Waals surface area (Å²) in [7, 11) is 4.01. The molecule has 128 valence electrons. The summed E-state index contributed by atoms with van der Waals surface area (Å²) in [5.41, 5.74) is 1.57. The number of aromatic nitrogens is 1. The molecule has 0 bridgehead atoms. The number of thioether (sulfide) groups is 1. The summed E-state index contributed by atoms with van der Waals surface area (Å²) in [5, 5.41) is 3.62. The van der Waals surface area contributed by atoms with E-state index < -0.39 is 0 Å². The molecule has 0 aliphatic rings. The second-order valence-electron chi connectivity index (χ2n) is 5.68. The number of nitrogens with zero attached hydrogens (tertiary/aromatic N) is 2. The van der Waals surface area contributed by atoms with E-state index in [-0.39, 0.29) is 11.7 Å². The van der Waals surface area contributed by atoms with E-state index in [0.717, 1.165) is 18.5 Å². The Balaban J connectivity index is 1.93. The third kappa shape index (κ3) is 5.94. The van der Waals surface area contributed by atoms with Crippen molar-refractivity contribution >= 4 is 17.7 Å². The lowest BCUT2D eigenvalue weighted by atomic mass is 10.2. The Morgan fingerprint density at radius 1 is 1.25 bits per heavy atom. The number of nitrogens with one attached hydrogen (secondary N) is 1. The first kappa shape index (κ1) is 18.4. The van der Waals surface area contributed by atoms with Crippen LogP contribution in [0.2, 0.25) is 0 Å². The van der Waals surface area contributed by atoms with Gasteiger partial charge in [0.2, 0.25) is 0 Å². The van der Waals surface area contributed by atoms with E-state index in [2.05, 4.69) is 15.2 Å². The lowest BCUT2D eigenvalue weighted by Crippen LogP contribution is -2.27. The Kier molecular flexibility index (Phi) is 7.21. The highest BCUT2D eigenvalue weighted by Crippen LogP contribution is 2.24. The van der Waals surface area contributed by atoms with E-state index in [1.54, 1.807) is 30.5 Å². The van der Waals surface area contributed by atoms with Gasteiger partial charge in [-0.1, -0.05) is 12.1 Å². The molecule has 0 radical (unpaired) electrons. The zero-order valence-corrected chi connectivity index (χ0v) is 14.8. The minimum Gasteiger partial charge on any atom is -0.352 e. The minimum absolute atomic E-state index is 0.108. The number of amides is 1. The number of rotatable bonds is 8. The highest BCUT2D eigenvalue weighted by Gasteiger charge is 2.12. The molecule has 24 heavy (non-hydrogen) atoms. The molecule has 0 aliphatic carbocycles. The molecule has 0 saturated carbocycles. The number of hydrogen-bond acceptors (Lipinski definition) is 4. The normalized spacial score (nSPS) is 10.8. The van der Waals surface area contributed by atoms with Crippen LogP contribution in [-0.2, 0) is 5.75 Å². The van der Waals surface area contributed by atoms with Crippen molar-refractivity contribution in [3.8, 4) is 0 Å². The van der Waals surface area contributed by atoms with Crippen molar-refractivity contribution in [1.82, 2.24) is 15.2 Å². The number of carbonyl (C=O) groups is 1. The highest BCUT2D eigenvalue weighted by molar-refractivity contribution is 7.98. The van der Waals surface area contributed by atoms with Crippen LogP contribution < -0.4 is 5.32 Å². The third-order valence-corrected chi connectivity index (χ3v) is 4.45. The summed E-state index contributed by atoms with van der Waals surface area (Å²) in [6.07, 6.45) is 2.58. The quantitative estimate of drug-likeness (QED) is 0.588. The molecule has 1 N–H and O–H groups in total. The minimum atomic E-state index is -0.251. The Bertz CT molecular complexity index is 662. The Labute approximate surface area is 146 Å². The van der Waals surface area contributed by atoms with Crippen molar-refractivity contribution in [3.05, 3.63) is 59.5 Å². The van der Waals surface area contributed by atoms with Crippen molar-refractivity contribution < 1.29 is 9.18 Å². The summed E-state index contributed by atoms with van der Waals surface area (Å²) in [6, 6.07) is 9.90. The Hall–Kier alpha value is -1.92. The van der Waals surface area contributed by atoms with Crippen molar-refractivity contribution in [2.24, 2.45) is 0 Å². The number of benzene rings is 1. The van der Waals surface area contributed by atoms with Crippen LogP contribution in [0, 0.1) is 5.82 Å². The molecule has 0 saturated heterocycles. The fraction of sp³-hybridized carbons (Fsp3) is 0.333. The molecular weight excluding hydrogens is 325 g/mol. The van der Waals surface area contributed by atoms with Gasteiger partial charge in [0.15, 0.2) is 0 Å². The smallest absolute Gasteiger partial charge is 0.254 e. The molecule has 2 rings (SSSR count). The molecule has 0 unspecified atom stereocenters. The predicted molar refractivity (Wildman–Crippen MR) is 95.7 cm³/mol. The summed E-state index contributed by atoms with van der Waals surface area (Å²) in [5.74, 6) is 0.279. The fourth-order valence-corrected chi connectivity index (χ4v) is 3.05. The molecule has 1 amide bonds. The SMILES string of the molecule is CN(C)CCCNC(=O)c1cccnc1SCc1ccc(F)cc1. The van der Waals surface area contributed by atoms with E-state index in [9.17, 15) is 9.18 Å². The average Bonchev–Trinajstić information content (AvgIpc) is 2.58. The lowest BCUT2D eigenvalue weighted by molar-refractivity contribution is 0.0948. The van der Waals surface area contributed by atoms with Gasteiger partial charge in [0.1, 0.15) is 10.8 Å². The molecule has 0 spiro atoms. The van der Waals surface area contributed by atoms with E-state index in [1.807, 2.05) is 14.1 Å². The van der Waals surface area contributed by atoms with Gasteiger partial charge in [-0.25, -0.2) is 9.37 Å². The second kappa shape index (κ2) is 9.39. The molecular formula is C18H22FN3OS. The number of hydrogen-bond donors (Lipinski definition) is 1. The number of carbonyl (C=O) groups excluding carboxylic acids is 1. The van der Waals surface area contributed by atoms with Gasteiger partial charge in [0, 0.05) is 18.5 Å². The van der Waals surface area contributed by atoms with Crippen LogP contribution >= 0.6 is 11.8 Å². The standard InChI is InChI=1S/C18H22FN3OS/c1-22(2)12-4-11-20-17(23)16-5-3-10-21-18(16)24-13-14-6-8-15(19)9-7-14/h3,5-10H,4,11-13H2,1-2H3,(H,20,23). The van der Waals surface area contributed by atoms with Gasteiger partial charge in [-0.2, -0.15) is 0 Å². The Morgan fingerprint density at radius 3 is 2.71 bits per heavy atom. The van der Waals surface area contributed by atoms with Crippen molar-refractivity contribution in [2.75, 3.05) is 27.2 Å². The molecule has 0 fully saturated rings. The van der Waals surface area contributed by atoms with E-state index in [0.29, 0.717) is 22.9 Å². The fourth-order valence-electron chi connectivity index (χ4n) is 2.10. The van der Waals surface area contributed by atoms with Crippen LogP contribution in [0.25, 0.3) is 0 Å². The molecule has 6 heteroatoms. The van der Waals surface area contributed by atoms with Crippen molar-refractivity contribution in [3.63, 3.8) is 0 Å². The lowest BCUT2D eigenvalue weighted by Gasteiger charge is -2.11. The van der Waals surface area contributed by atoms with Crippen LogP contribution in [0.1, 0.15) is 22.3 Å². The Morgan fingerprint density at radius 2 is 2.00 bits per heavy atom. The monoisotopic (exact) mass is 347 g/mol. The molecule has 4 nitrogen and oxygen atoms in total. The van der Waals surface area contributed by atoms with Crippen LogP contribution in [0.5, 0.6) is 0 Å². The van der Waals surface area contributed by atoms with Crippen LogP contribution in [0.4, 0.5) is 4.39 Å². The van der Waals surface area contributed by atoms with Gasteiger partial charge in [-0.3, -0.25) is 4.79 Å². The molecule has 1 aromatic heterocycles. The molecule has 2 aromatic rings. The third-order valence-electron chi connectivity index (χ3n) is 3.37. The average molecular weight is 347 g/mol. The van der Waals surface area contributed by atoms with Gasteiger partial charge in [-0.15, -0.1) is 11.8 Å². The van der Waals surface area contributed by atoms with Crippen LogP contribution in [-0.4, -0.2) is 43.0 Å². The van der Waals surface area contributed by atoms with E-state index in [1.165, 1.54) is 23.9 Å². The number of halogens is 1. The summed E-state index contributed by atoms with van der Waals surface area (Å²) in [6.45, 7) is 1.56. The molecule has 1 heterocycles. The van der Waals surface area contributed by atoms with Gasteiger partial charge >= 0.3 is 0 Å². The van der Waals surface area contributed by atoms with Gasteiger partial charge in [-0.05, 0) is 56.9 Å². The van der Waals surface area contributed by atoms with Gasteiger partial charge < -0.3 is 10.2 Å². The first-order valence-electron chi connectivity index (χ1n) is 7.81. The first-order chi connectivity index (χ1) is 11.6. The largest absolute Gasteiger partial charge is 0.352 e. The van der Waals surface area contributed by atoms with Gasteiger partial charge in [0.05, 0.1) is 5.56 Å². The number of pyridine rings is 1. The van der Waals surface area contributed by atoms with Crippen LogP contribution in [0.3, 0.4) is 0 Å².